The monoisotopic (exact) mass is 583 g/mol. The van der Waals surface area contributed by atoms with Crippen molar-refractivity contribution in [3.05, 3.63) is 78.0 Å². The molecular formula is C28H27F2N5O5S. The van der Waals surface area contributed by atoms with E-state index in [1.807, 2.05) is 0 Å². The molecule has 1 aliphatic rings. The molecule has 3 amide bonds. The lowest BCUT2D eigenvalue weighted by atomic mass is 9.93. The number of hydrogen-bond donors (Lipinski definition) is 4. The number of ether oxygens (including phenoxy) is 1. The molecule has 2 heterocycles. The number of likely N-dealkylation sites (tertiary alicyclic amines) is 1. The van der Waals surface area contributed by atoms with Crippen molar-refractivity contribution in [1.29, 1.82) is 0 Å². The number of piperidine rings is 1. The molecule has 214 valence electrons. The minimum Gasteiger partial charge on any atom is -0.465 e. The van der Waals surface area contributed by atoms with E-state index in [9.17, 15) is 23.2 Å². The number of carboxylic acid groups (broad SMARTS) is 1. The summed E-state index contributed by atoms with van der Waals surface area (Å²) in [6, 6.07) is 12.5. The number of nitrogens with one attached hydrogen (secondary N) is 3. The molecule has 0 bridgehead atoms. The van der Waals surface area contributed by atoms with Crippen LogP contribution in [-0.4, -0.2) is 51.1 Å². The van der Waals surface area contributed by atoms with Gasteiger partial charge in [-0.1, -0.05) is 12.1 Å². The minimum atomic E-state index is -0.955. The molecule has 0 aliphatic carbocycles. The molecule has 0 unspecified atom stereocenters. The highest BCUT2D eigenvalue weighted by Gasteiger charge is 2.24. The molecule has 0 saturated carbocycles. The lowest BCUT2D eigenvalue weighted by Crippen LogP contribution is -2.38. The Bertz CT molecular complexity index is 1430. The first kappa shape index (κ1) is 29.3. The number of carbonyl (C=O) groups is 3. The quantitative estimate of drug-likeness (QED) is 0.275. The summed E-state index contributed by atoms with van der Waals surface area (Å²) in [4.78, 5) is 41.1. The summed E-state index contributed by atoms with van der Waals surface area (Å²) in [7, 11) is 0. The van der Waals surface area contributed by atoms with E-state index in [0.717, 1.165) is 6.07 Å². The Morgan fingerprint density at radius 3 is 2.41 bits per heavy atom. The minimum absolute atomic E-state index is 0.0102. The standard InChI is InChI=1S/C28H27F2N5O5S/c29-19-3-1-17(2-4-19)13-26(37)34-27(41)32-20-5-6-23(22(30)15-20)40-21-7-10-31-24(16-21)33-25(36)14-18-8-11-35(12-9-18)28(38)39/h1-7,10,15-16,18H,8-9,11-14H2,(H,38,39)(H,31,33,36)(H2,32,34,37,41). The zero-order valence-electron chi connectivity index (χ0n) is 21.7. The Morgan fingerprint density at radius 2 is 1.73 bits per heavy atom. The van der Waals surface area contributed by atoms with Crippen LogP contribution in [0.4, 0.5) is 25.1 Å². The SMILES string of the molecule is O=C(Cc1ccc(F)cc1)NC(=S)Nc1ccc(Oc2ccnc(NC(=O)CC3CCN(C(=O)O)CC3)c2)c(F)c1. The van der Waals surface area contributed by atoms with Gasteiger partial charge in [0.2, 0.25) is 11.8 Å². The maximum Gasteiger partial charge on any atom is 0.407 e. The molecular weight excluding hydrogens is 556 g/mol. The van der Waals surface area contributed by atoms with E-state index in [-0.39, 0.29) is 52.8 Å². The number of thiocarbonyl (C=S) groups is 1. The topological polar surface area (TPSA) is 133 Å². The Labute approximate surface area is 239 Å². The summed E-state index contributed by atoms with van der Waals surface area (Å²) in [5.41, 5.74) is 0.884. The average molecular weight is 584 g/mol. The number of anilines is 2. The van der Waals surface area contributed by atoms with Crippen LogP contribution in [0.1, 0.15) is 24.8 Å². The van der Waals surface area contributed by atoms with Crippen LogP contribution in [0.15, 0.2) is 60.8 Å². The number of rotatable bonds is 8. The van der Waals surface area contributed by atoms with Crippen LogP contribution in [0.3, 0.4) is 0 Å². The van der Waals surface area contributed by atoms with Crippen molar-refractivity contribution in [2.24, 2.45) is 5.92 Å². The fraction of sp³-hybridized carbons (Fsp3) is 0.250. The van der Waals surface area contributed by atoms with Gasteiger partial charge in [0.15, 0.2) is 16.7 Å². The number of benzene rings is 2. The molecule has 0 radical (unpaired) electrons. The highest BCUT2D eigenvalue weighted by molar-refractivity contribution is 7.80. The number of aromatic nitrogens is 1. The molecule has 4 N–H and O–H groups in total. The second-order valence-electron chi connectivity index (χ2n) is 9.39. The van der Waals surface area contributed by atoms with Crippen LogP contribution in [-0.2, 0) is 16.0 Å². The van der Waals surface area contributed by atoms with E-state index < -0.39 is 23.6 Å². The Kier molecular flexibility index (Phi) is 9.74. The van der Waals surface area contributed by atoms with Gasteiger partial charge in [-0.3, -0.25) is 9.59 Å². The highest BCUT2D eigenvalue weighted by atomic mass is 32.1. The van der Waals surface area contributed by atoms with Gasteiger partial charge < -0.3 is 30.7 Å². The highest BCUT2D eigenvalue weighted by Crippen LogP contribution is 2.28. The molecule has 0 atom stereocenters. The second kappa shape index (κ2) is 13.6. The number of hydrogen-bond acceptors (Lipinski definition) is 6. The summed E-state index contributed by atoms with van der Waals surface area (Å²) < 4.78 is 33.4. The maximum absolute atomic E-state index is 14.8. The fourth-order valence-corrected chi connectivity index (χ4v) is 4.47. The van der Waals surface area contributed by atoms with Crippen molar-refractivity contribution >= 4 is 46.7 Å². The molecule has 13 heteroatoms. The third-order valence-electron chi connectivity index (χ3n) is 6.31. The molecule has 10 nitrogen and oxygen atoms in total. The van der Waals surface area contributed by atoms with Gasteiger partial charge in [-0.2, -0.15) is 0 Å². The molecule has 0 spiro atoms. The van der Waals surface area contributed by atoms with E-state index in [1.165, 1.54) is 59.6 Å². The predicted octanol–water partition coefficient (Wildman–Crippen LogP) is 4.93. The first-order valence-corrected chi connectivity index (χ1v) is 13.1. The van der Waals surface area contributed by atoms with Gasteiger partial charge in [-0.15, -0.1) is 0 Å². The molecule has 1 fully saturated rings. The average Bonchev–Trinajstić information content (AvgIpc) is 2.92. The van der Waals surface area contributed by atoms with Crippen molar-refractivity contribution < 1.29 is 33.0 Å². The number of halogens is 2. The van der Waals surface area contributed by atoms with Gasteiger partial charge in [0.05, 0.1) is 6.42 Å². The van der Waals surface area contributed by atoms with Crippen LogP contribution in [0.5, 0.6) is 11.5 Å². The lowest BCUT2D eigenvalue weighted by molar-refractivity contribution is -0.119. The summed E-state index contributed by atoms with van der Waals surface area (Å²) in [6.07, 6.45) is 1.89. The third-order valence-corrected chi connectivity index (χ3v) is 6.51. The number of amides is 3. The normalized spacial score (nSPS) is 13.3. The van der Waals surface area contributed by atoms with Crippen LogP contribution < -0.4 is 20.7 Å². The van der Waals surface area contributed by atoms with Crippen molar-refractivity contribution in [3.8, 4) is 11.5 Å². The second-order valence-corrected chi connectivity index (χ2v) is 9.80. The van der Waals surface area contributed by atoms with E-state index >= 15 is 0 Å². The smallest absolute Gasteiger partial charge is 0.407 e. The maximum atomic E-state index is 14.8. The molecule has 3 aromatic rings. The van der Waals surface area contributed by atoms with Crippen LogP contribution in [0, 0.1) is 17.6 Å². The summed E-state index contributed by atoms with van der Waals surface area (Å²) in [6.45, 7) is 0.791. The van der Waals surface area contributed by atoms with Gasteiger partial charge in [-0.05, 0) is 66.9 Å². The van der Waals surface area contributed by atoms with Gasteiger partial charge in [0, 0.05) is 43.5 Å². The molecule has 41 heavy (non-hydrogen) atoms. The zero-order chi connectivity index (χ0) is 29.4. The Morgan fingerprint density at radius 1 is 1.00 bits per heavy atom. The van der Waals surface area contributed by atoms with E-state index in [2.05, 4.69) is 20.9 Å². The third kappa shape index (κ3) is 8.93. The summed E-state index contributed by atoms with van der Waals surface area (Å²) in [5, 5.41) is 16.9. The number of pyridine rings is 1. The first-order chi connectivity index (χ1) is 19.6. The van der Waals surface area contributed by atoms with Gasteiger partial charge in [-0.25, -0.2) is 18.6 Å². The largest absolute Gasteiger partial charge is 0.465 e. The molecule has 1 saturated heterocycles. The van der Waals surface area contributed by atoms with Crippen LogP contribution >= 0.6 is 12.2 Å². The summed E-state index contributed by atoms with van der Waals surface area (Å²) in [5.74, 6) is -1.32. The Hall–Kier alpha value is -4.65. The Balaban J connectivity index is 1.26. The van der Waals surface area contributed by atoms with Gasteiger partial charge >= 0.3 is 6.09 Å². The predicted molar refractivity (Wildman–Crippen MR) is 151 cm³/mol. The van der Waals surface area contributed by atoms with Crippen LogP contribution in [0.2, 0.25) is 0 Å². The molecule has 1 aliphatic heterocycles. The van der Waals surface area contributed by atoms with Crippen molar-refractivity contribution in [3.63, 3.8) is 0 Å². The van der Waals surface area contributed by atoms with Gasteiger partial charge in [0.25, 0.3) is 0 Å². The van der Waals surface area contributed by atoms with E-state index in [0.29, 0.717) is 31.5 Å². The number of carbonyl (C=O) groups excluding carboxylic acids is 2. The van der Waals surface area contributed by atoms with E-state index in [1.54, 1.807) is 0 Å². The molecule has 2 aromatic carbocycles. The molecule has 1 aromatic heterocycles. The van der Waals surface area contributed by atoms with Crippen LogP contribution in [0.25, 0.3) is 0 Å². The van der Waals surface area contributed by atoms with Crippen molar-refractivity contribution in [2.75, 3.05) is 23.7 Å². The summed E-state index contributed by atoms with van der Waals surface area (Å²) >= 11 is 5.12. The zero-order valence-corrected chi connectivity index (χ0v) is 22.5. The number of nitrogens with zero attached hydrogens (tertiary/aromatic N) is 2. The van der Waals surface area contributed by atoms with Crippen molar-refractivity contribution in [1.82, 2.24) is 15.2 Å². The lowest BCUT2D eigenvalue weighted by Gasteiger charge is -2.29. The van der Waals surface area contributed by atoms with Gasteiger partial charge in [0.1, 0.15) is 17.4 Å². The fourth-order valence-electron chi connectivity index (χ4n) is 4.24. The van der Waals surface area contributed by atoms with Crippen molar-refractivity contribution in [2.45, 2.75) is 25.7 Å². The van der Waals surface area contributed by atoms with E-state index in [4.69, 9.17) is 22.1 Å². The first-order valence-electron chi connectivity index (χ1n) is 12.7. The molecule has 4 rings (SSSR count).